The van der Waals surface area contributed by atoms with Gasteiger partial charge in [0, 0.05) is 11.6 Å². The van der Waals surface area contributed by atoms with Crippen LogP contribution in [0.15, 0.2) is 36.7 Å². The molecular weight excluding hydrogens is 254 g/mol. The number of hydrogen-bond acceptors (Lipinski definition) is 3. The molecule has 1 aliphatic rings. The molecule has 0 spiro atoms. The number of carbonyl (C=O) groups is 1. The van der Waals surface area contributed by atoms with Crippen molar-refractivity contribution in [3.63, 3.8) is 0 Å². The van der Waals surface area contributed by atoms with Crippen LogP contribution in [0.5, 0.6) is 0 Å². The lowest BCUT2D eigenvalue weighted by atomic mass is 9.95. The highest BCUT2D eigenvalue weighted by molar-refractivity contribution is 5.71. The van der Waals surface area contributed by atoms with Crippen LogP contribution in [0.4, 0.5) is 0 Å². The first-order valence-electron chi connectivity index (χ1n) is 6.85. The van der Waals surface area contributed by atoms with E-state index in [0.717, 1.165) is 17.9 Å². The second-order valence-corrected chi connectivity index (χ2v) is 5.52. The molecule has 1 heterocycles. The molecule has 5 heteroatoms. The molecule has 0 bridgehead atoms. The number of aliphatic carboxylic acids is 1. The Balaban J connectivity index is 1.99. The Morgan fingerprint density at radius 2 is 2.05 bits per heavy atom. The van der Waals surface area contributed by atoms with Crippen LogP contribution in [0, 0.1) is 11.8 Å². The molecule has 1 N–H and O–H groups in total. The van der Waals surface area contributed by atoms with Gasteiger partial charge in [0.25, 0.3) is 0 Å². The van der Waals surface area contributed by atoms with Crippen molar-refractivity contribution in [2.24, 2.45) is 11.8 Å². The van der Waals surface area contributed by atoms with Gasteiger partial charge in [-0.1, -0.05) is 25.1 Å². The van der Waals surface area contributed by atoms with E-state index in [-0.39, 0.29) is 11.8 Å². The largest absolute Gasteiger partial charge is 0.481 e. The van der Waals surface area contributed by atoms with Crippen LogP contribution in [0.3, 0.4) is 0 Å². The van der Waals surface area contributed by atoms with Crippen LogP contribution in [0.1, 0.15) is 31.5 Å². The summed E-state index contributed by atoms with van der Waals surface area (Å²) in [5, 5.41) is 17.6. The second kappa shape index (κ2) is 5.07. The van der Waals surface area contributed by atoms with E-state index in [2.05, 4.69) is 17.1 Å². The summed E-state index contributed by atoms with van der Waals surface area (Å²) in [6.45, 7) is 2.10. The van der Waals surface area contributed by atoms with Gasteiger partial charge in [-0.15, -0.1) is 10.2 Å². The van der Waals surface area contributed by atoms with Crippen LogP contribution in [0.2, 0.25) is 0 Å². The summed E-state index contributed by atoms with van der Waals surface area (Å²) in [5.74, 6) is -0.00111. The van der Waals surface area contributed by atoms with E-state index >= 15 is 0 Å². The predicted molar refractivity (Wildman–Crippen MR) is 73.6 cm³/mol. The predicted octanol–water partition coefficient (Wildman–Crippen LogP) is 2.48. The van der Waals surface area contributed by atoms with E-state index in [9.17, 15) is 9.90 Å². The van der Waals surface area contributed by atoms with Crippen molar-refractivity contribution in [1.29, 1.82) is 0 Å². The van der Waals surface area contributed by atoms with Crippen molar-refractivity contribution >= 4 is 5.97 Å². The minimum absolute atomic E-state index is 0.0646. The molecule has 0 radical (unpaired) electrons. The van der Waals surface area contributed by atoms with E-state index in [1.807, 2.05) is 34.9 Å². The zero-order chi connectivity index (χ0) is 14.1. The van der Waals surface area contributed by atoms with Crippen LogP contribution >= 0.6 is 0 Å². The van der Waals surface area contributed by atoms with Gasteiger partial charge >= 0.3 is 5.97 Å². The molecule has 1 aromatic carbocycles. The Kier molecular flexibility index (Phi) is 3.26. The van der Waals surface area contributed by atoms with Gasteiger partial charge in [0.2, 0.25) is 0 Å². The lowest BCUT2D eigenvalue weighted by Crippen LogP contribution is -2.19. The van der Waals surface area contributed by atoms with Gasteiger partial charge in [-0.3, -0.25) is 9.36 Å². The van der Waals surface area contributed by atoms with Crippen LogP contribution in [0.25, 0.3) is 5.69 Å². The fourth-order valence-electron chi connectivity index (χ4n) is 3.13. The zero-order valence-corrected chi connectivity index (χ0v) is 11.3. The molecule has 3 rings (SSSR count). The Hall–Kier alpha value is -2.17. The van der Waals surface area contributed by atoms with Gasteiger partial charge in [-0.05, 0) is 30.9 Å². The number of benzene rings is 1. The maximum Gasteiger partial charge on any atom is 0.307 e. The first-order chi connectivity index (χ1) is 9.66. The molecular formula is C15H17N3O2. The summed E-state index contributed by atoms with van der Waals surface area (Å²) in [5.41, 5.74) is 0.969. The topological polar surface area (TPSA) is 68.0 Å². The fourth-order valence-corrected chi connectivity index (χ4v) is 3.13. The third-order valence-corrected chi connectivity index (χ3v) is 4.06. The number of carboxylic acid groups (broad SMARTS) is 1. The molecule has 0 saturated heterocycles. The van der Waals surface area contributed by atoms with E-state index in [0.29, 0.717) is 12.3 Å². The highest BCUT2D eigenvalue weighted by Crippen LogP contribution is 2.42. The first kappa shape index (κ1) is 12.8. The Morgan fingerprint density at radius 1 is 1.30 bits per heavy atom. The molecule has 3 atom stereocenters. The normalized spacial score (nSPS) is 25.8. The van der Waals surface area contributed by atoms with E-state index in [1.54, 1.807) is 6.33 Å². The lowest BCUT2D eigenvalue weighted by Gasteiger charge is -2.16. The number of rotatable bonds is 3. The monoisotopic (exact) mass is 271 g/mol. The second-order valence-electron chi connectivity index (χ2n) is 5.52. The average Bonchev–Trinajstić information content (AvgIpc) is 3.05. The van der Waals surface area contributed by atoms with Crippen LogP contribution < -0.4 is 0 Å². The lowest BCUT2D eigenvalue weighted by molar-refractivity contribution is -0.142. The molecule has 5 nitrogen and oxygen atoms in total. The number of aromatic nitrogens is 3. The molecule has 20 heavy (non-hydrogen) atoms. The van der Waals surface area contributed by atoms with Crippen molar-refractivity contribution in [3.05, 3.63) is 42.5 Å². The quantitative estimate of drug-likeness (QED) is 0.931. The molecule has 3 unspecified atom stereocenters. The van der Waals surface area contributed by atoms with Crippen LogP contribution in [-0.4, -0.2) is 25.8 Å². The number of carboxylic acids is 1. The Morgan fingerprint density at radius 3 is 2.75 bits per heavy atom. The Bertz CT molecular complexity index is 609. The summed E-state index contributed by atoms with van der Waals surface area (Å²) in [6, 6.07) is 9.80. The maximum absolute atomic E-state index is 11.4. The summed E-state index contributed by atoms with van der Waals surface area (Å²) in [6.07, 6.45) is 3.22. The fraction of sp³-hybridized carbons (Fsp3) is 0.400. The molecule has 1 aliphatic carbocycles. The van der Waals surface area contributed by atoms with Gasteiger partial charge in [-0.25, -0.2) is 0 Å². The molecule has 104 valence electrons. The average molecular weight is 271 g/mol. The van der Waals surface area contributed by atoms with Gasteiger partial charge < -0.3 is 5.11 Å². The highest BCUT2D eigenvalue weighted by Gasteiger charge is 2.40. The summed E-state index contributed by atoms with van der Waals surface area (Å²) >= 11 is 0. The minimum atomic E-state index is -0.734. The van der Waals surface area contributed by atoms with Crippen molar-refractivity contribution < 1.29 is 9.90 Å². The van der Waals surface area contributed by atoms with E-state index in [1.165, 1.54) is 0 Å². The number of hydrogen-bond donors (Lipinski definition) is 1. The summed E-state index contributed by atoms with van der Waals surface area (Å²) < 4.78 is 1.90. The molecule has 2 aromatic rings. The van der Waals surface area contributed by atoms with Crippen molar-refractivity contribution in [2.75, 3.05) is 0 Å². The number of para-hydroxylation sites is 1. The van der Waals surface area contributed by atoms with Crippen molar-refractivity contribution in [2.45, 2.75) is 25.7 Å². The zero-order valence-electron chi connectivity index (χ0n) is 11.3. The SMILES string of the molecule is CC1CC(C(=O)O)C(c2nncn2-c2ccccc2)C1. The highest BCUT2D eigenvalue weighted by atomic mass is 16.4. The third-order valence-electron chi connectivity index (χ3n) is 4.06. The first-order valence-corrected chi connectivity index (χ1v) is 6.85. The molecule has 1 fully saturated rings. The van der Waals surface area contributed by atoms with Crippen LogP contribution in [-0.2, 0) is 4.79 Å². The number of nitrogens with zero attached hydrogens (tertiary/aromatic N) is 3. The molecule has 1 saturated carbocycles. The van der Waals surface area contributed by atoms with Gasteiger partial charge in [0.1, 0.15) is 12.2 Å². The van der Waals surface area contributed by atoms with Gasteiger partial charge in [0.15, 0.2) is 0 Å². The molecule has 0 aliphatic heterocycles. The summed E-state index contributed by atoms with van der Waals surface area (Å²) in [7, 11) is 0. The minimum Gasteiger partial charge on any atom is -0.481 e. The van der Waals surface area contributed by atoms with E-state index < -0.39 is 5.97 Å². The van der Waals surface area contributed by atoms with Crippen molar-refractivity contribution in [1.82, 2.24) is 14.8 Å². The maximum atomic E-state index is 11.4. The van der Waals surface area contributed by atoms with Gasteiger partial charge in [0.05, 0.1) is 5.92 Å². The smallest absolute Gasteiger partial charge is 0.307 e. The van der Waals surface area contributed by atoms with Crippen molar-refractivity contribution in [3.8, 4) is 5.69 Å². The summed E-state index contributed by atoms with van der Waals surface area (Å²) in [4.78, 5) is 11.4. The van der Waals surface area contributed by atoms with Gasteiger partial charge in [-0.2, -0.15) is 0 Å². The standard InChI is InChI=1S/C15H17N3O2/c1-10-7-12(13(8-10)15(19)20)14-17-16-9-18(14)11-5-3-2-4-6-11/h2-6,9-10,12-13H,7-8H2,1H3,(H,19,20). The Labute approximate surface area is 117 Å². The molecule has 1 aromatic heterocycles. The van der Waals surface area contributed by atoms with E-state index in [4.69, 9.17) is 0 Å². The third kappa shape index (κ3) is 2.19. The molecule has 0 amide bonds.